The summed E-state index contributed by atoms with van der Waals surface area (Å²) in [5.74, 6) is 0.542. The average Bonchev–Trinajstić information content (AvgIpc) is 2.45. The van der Waals surface area contributed by atoms with E-state index in [0.29, 0.717) is 16.5 Å². The standard InChI is InChI=1S/C15H13NO3/c1-16-13-5-3-2-4-11(13)15(18)12-7-6-10(19-9-17)8-14(12)16/h2-8,17H,9H2,1H3. The van der Waals surface area contributed by atoms with E-state index in [1.165, 1.54) is 0 Å². The number of rotatable bonds is 2. The highest BCUT2D eigenvalue weighted by Crippen LogP contribution is 2.22. The number of hydrogen-bond acceptors (Lipinski definition) is 3. The Morgan fingerprint density at radius 1 is 1.11 bits per heavy atom. The molecule has 0 radical (unpaired) electrons. The first-order valence-corrected chi connectivity index (χ1v) is 5.97. The monoisotopic (exact) mass is 255 g/mol. The number of hydrogen-bond donors (Lipinski definition) is 1. The fraction of sp³-hybridized carbons (Fsp3) is 0.133. The Balaban J connectivity index is 2.46. The number of benzene rings is 2. The molecule has 3 rings (SSSR count). The Labute approximate surface area is 109 Å². The van der Waals surface area contributed by atoms with Crippen LogP contribution in [0.1, 0.15) is 0 Å². The van der Waals surface area contributed by atoms with E-state index in [1.54, 1.807) is 18.2 Å². The van der Waals surface area contributed by atoms with Gasteiger partial charge in [-0.15, -0.1) is 0 Å². The minimum atomic E-state index is -0.382. The zero-order valence-electron chi connectivity index (χ0n) is 10.5. The number of nitrogens with zero attached hydrogens (tertiary/aromatic N) is 1. The molecule has 1 heterocycles. The molecule has 4 nitrogen and oxygen atoms in total. The Morgan fingerprint density at radius 2 is 1.84 bits per heavy atom. The van der Waals surface area contributed by atoms with Crippen LogP contribution in [0.25, 0.3) is 21.8 Å². The Bertz CT molecular complexity index is 821. The molecule has 0 saturated carbocycles. The van der Waals surface area contributed by atoms with Crippen molar-refractivity contribution in [2.24, 2.45) is 7.05 Å². The highest BCUT2D eigenvalue weighted by atomic mass is 16.6. The van der Waals surface area contributed by atoms with Gasteiger partial charge in [-0.05, 0) is 24.3 Å². The van der Waals surface area contributed by atoms with Gasteiger partial charge in [-0.1, -0.05) is 12.1 Å². The van der Waals surface area contributed by atoms with Crippen LogP contribution in [-0.2, 0) is 7.05 Å². The van der Waals surface area contributed by atoms with E-state index in [4.69, 9.17) is 9.84 Å². The zero-order chi connectivity index (χ0) is 13.4. The number of pyridine rings is 1. The Morgan fingerprint density at radius 3 is 2.63 bits per heavy atom. The minimum absolute atomic E-state index is 0.0132. The minimum Gasteiger partial charge on any atom is -0.468 e. The van der Waals surface area contributed by atoms with Gasteiger partial charge in [0.15, 0.2) is 12.2 Å². The molecular formula is C15H13NO3. The van der Waals surface area contributed by atoms with Gasteiger partial charge in [0.1, 0.15) is 5.75 Å². The smallest absolute Gasteiger partial charge is 0.197 e. The molecule has 0 spiro atoms. The summed E-state index contributed by atoms with van der Waals surface area (Å²) in [6, 6.07) is 12.7. The van der Waals surface area contributed by atoms with Crippen molar-refractivity contribution in [2.45, 2.75) is 0 Å². The molecule has 0 fully saturated rings. The molecular weight excluding hydrogens is 242 g/mol. The van der Waals surface area contributed by atoms with Crippen LogP contribution >= 0.6 is 0 Å². The summed E-state index contributed by atoms with van der Waals surface area (Å²) in [4.78, 5) is 12.4. The van der Waals surface area contributed by atoms with Crippen molar-refractivity contribution < 1.29 is 9.84 Å². The lowest BCUT2D eigenvalue weighted by molar-refractivity contribution is 0.0987. The Hall–Kier alpha value is -2.33. The molecule has 1 aromatic heterocycles. The first-order valence-electron chi connectivity index (χ1n) is 5.97. The lowest BCUT2D eigenvalue weighted by atomic mass is 10.1. The molecule has 2 aromatic carbocycles. The normalized spacial score (nSPS) is 11.1. The van der Waals surface area contributed by atoms with Gasteiger partial charge in [-0.3, -0.25) is 4.79 Å². The molecule has 0 bridgehead atoms. The van der Waals surface area contributed by atoms with E-state index in [0.717, 1.165) is 11.0 Å². The molecule has 1 N–H and O–H groups in total. The lowest BCUT2D eigenvalue weighted by Crippen LogP contribution is -2.09. The van der Waals surface area contributed by atoms with Gasteiger partial charge in [0, 0.05) is 23.9 Å². The van der Waals surface area contributed by atoms with Gasteiger partial charge in [0.2, 0.25) is 0 Å². The quantitative estimate of drug-likeness (QED) is 0.563. The first kappa shape index (κ1) is 11.7. The maximum absolute atomic E-state index is 12.4. The molecule has 0 unspecified atom stereocenters. The average molecular weight is 255 g/mol. The SMILES string of the molecule is Cn1c2ccccc2c(=O)c2ccc(OCO)cc21. The van der Waals surface area contributed by atoms with Crippen molar-refractivity contribution in [1.82, 2.24) is 4.57 Å². The summed E-state index contributed by atoms with van der Waals surface area (Å²) in [7, 11) is 1.91. The third kappa shape index (κ3) is 1.77. The van der Waals surface area contributed by atoms with Gasteiger partial charge in [-0.25, -0.2) is 0 Å². The highest BCUT2D eigenvalue weighted by molar-refractivity contribution is 5.93. The summed E-state index contributed by atoms with van der Waals surface area (Å²) in [5, 5.41) is 10.1. The van der Waals surface area contributed by atoms with Crippen LogP contribution in [0, 0.1) is 0 Å². The zero-order valence-corrected chi connectivity index (χ0v) is 10.5. The van der Waals surface area contributed by atoms with Crippen LogP contribution in [0.4, 0.5) is 0 Å². The van der Waals surface area contributed by atoms with E-state index in [-0.39, 0.29) is 12.2 Å². The van der Waals surface area contributed by atoms with Crippen molar-refractivity contribution in [1.29, 1.82) is 0 Å². The van der Waals surface area contributed by atoms with Crippen molar-refractivity contribution in [3.8, 4) is 5.75 Å². The number of ether oxygens (including phenoxy) is 1. The van der Waals surface area contributed by atoms with Crippen molar-refractivity contribution in [3.63, 3.8) is 0 Å². The van der Waals surface area contributed by atoms with Crippen LogP contribution in [0.3, 0.4) is 0 Å². The molecule has 19 heavy (non-hydrogen) atoms. The predicted octanol–water partition coefficient (Wildman–Crippen LogP) is 2.02. The fourth-order valence-electron chi connectivity index (χ4n) is 2.38. The number of aliphatic hydroxyl groups is 1. The third-order valence-electron chi connectivity index (χ3n) is 3.32. The molecule has 0 saturated heterocycles. The van der Waals surface area contributed by atoms with E-state index in [1.807, 2.05) is 35.9 Å². The van der Waals surface area contributed by atoms with Crippen LogP contribution < -0.4 is 10.2 Å². The molecule has 0 amide bonds. The van der Waals surface area contributed by atoms with Crippen molar-refractivity contribution in [2.75, 3.05) is 6.79 Å². The van der Waals surface area contributed by atoms with Crippen LogP contribution in [0.5, 0.6) is 5.75 Å². The largest absolute Gasteiger partial charge is 0.468 e. The van der Waals surface area contributed by atoms with E-state index in [9.17, 15) is 4.79 Å². The maximum Gasteiger partial charge on any atom is 0.197 e. The summed E-state index contributed by atoms with van der Waals surface area (Å²) in [6.07, 6.45) is 0. The summed E-state index contributed by atoms with van der Waals surface area (Å²) in [5.41, 5.74) is 1.68. The van der Waals surface area contributed by atoms with Crippen molar-refractivity contribution >= 4 is 21.8 Å². The third-order valence-corrected chi connectivity index (χ3v) is 3.32. The number of aromatic nitrogens is 1. The summed E-state index contributed by atoms with van der Waals surface area (Å²) < 4.78 is 7.02. The number of aliphatic hydroxyl groups excluding tert-OH is 1. The lowest BCUT2D eigenvalue weighted by Gasteiger charge is -2.11. The van der Waals surface area contributed by atoms with Crippen LogP contribution in [0.2, 0.25) is 0 Å². The highest BCUT2D eigenvalue weighted by Gasteiger charge is 2.08. The van der Waals surface area contributed by atoms with E-state index >= 15 is 0 Å². The maximum atomic E-state index is 12.4. The van der Waals surface area contributed by atoms with Gasteiger partial charge < -0.3 is 14.4 Å². The number of fused-ring (bicyclic) bond motifs is 2. The first-order chi connectivity index (χ1) is 9.22. The second-order valence-corrected chi connectivity index (χ2v) is 4.36. The van der Waals surface area contributed by atoms with E-state index < -0.39 is 0 Å². The second kappa shape index (κ2) is 4.40. The molecule has 3 aromatic rings. The summed E-state index contributed by atoms with van der Waals surface area (Å²) in [6.45, 7) is -0.382. The molecule has 0 aliphatic heterocycles. The topological polar surface area (TPSA) is 51.5 Å². The molecule has 0 atom stereocenters. The number of aryl methyl sites for hydroxylation is 1. The molecule has 0 aliphatic rings. The molecule has 0 aliphatic carbocycles. The van der Waals surface area contributed by atoms with Crippen molar-refractivity contribution in [3.05, 3.63) is 52.7 Å². The fourth-order valence-corrected chi connectivity index (χ4v) is 2.38. The number of para-hydroxylation sites is 1. The van der Waals surface area contributed by atoms with Gasteiger partial charge >= 0.3 is 0 Å². The predicted molar refractivity (Wildman–Crippen MR) is 74.4 cm³/mol. The summed E-state index contributed by atoms with van der Waals surface area (Å²) >= 11 is 0. The van der Waals surface area contributed by atoms with Gasteiger partial charge in [0.05, 0.1) is 11.0 Å². The molecule has 4 heteroatoms. The van der Waals surface area contributed by atoms with Crippen LogP contribution in [-0.4, -0.2) is 16.5 Å². The van der Waals surface area contributed by atoms with Gasteiger partial charge in [-0.2, -0.15) is 0 Å². The van der Waals surface area contributed by atoms with Gasteiger partial charge in [0.25, 0.3) is 0 Å². The Kier molecular flexibility index (Phi) is 2.72. The van der Waals surface area contributed by atoms with E-state index in [2.05, 4.69) is 0 Å². The molecule has 96 valence electrons. The van der Waals surface area contributed by atoms with Crippen LogP contribution in [0.15, 0.2) is 47.3 Å². The second-order valence-electron chi connectivity index (χ2n) is 4.36.